The zero-order valence-electron chi connectivity index (χ0n) is 9.07. The van der Waals surface area contributed by atoms with Gasteiger partial charge in [0.1, 0.15) is 10.7 Å². The number of carboxylic acids is 1. The molecule has 0 aliphatic carbocycles. The molecular formula is C10H10F3NO3S. The minimum Gasteiger partial charge on any atom is -0.478 e. The SMILES string of the molecule is O=C(O)c1ccc(C(F)(F)F)nc1SCCCO. The second-order valence-electron chi connectivity index (χ2n) is 3.28. The second kappa shape index (κ2) is 6.05. The Morgan fingerprint density at radius 3 is 2.56 bits per heavy atom. The van der Waals surface area contributed by atoms with Gasteiger partial charge in [0.15, 0.2) is 0 Å². The summed E-state index contributed by atoms with van der Waals surface area (Å²) in [6.45, 7) is -0.117. The topological polar surface area (TPSA) is 70.4 Å². The molecule has 1 aromatic heterocycles. The summed E-state index contributed by atoms with van der Waals surface area (Å²) in [5, 5.41) is 17.2. The van der Waals surface area contributed by atoms with Crippen LogP contribution < -0.4 is 0 Å². The summed E-state index contributed by atoms with van der Waals surface area (Å²) < 4.78 is 37.3. The number of alkyl halides is 3. The normalized spacial score (nSPS) is 11.6. The van der Waals surface area contributed by atoms with Gasteiger partial charge in [0.05, 0.1) is 5.56 Å². The number of hydrogen-bond donors (Lipinski definition) is 2. The third kappa shape index (κ3) is 3.88. The Labute approximate surface area is 105 Å². The number of nitrogens with zero attached hydrogens (tertiary/aromatic N) is 1. The summed E-state index contributed by atoms with van der Waals surface area (Å²) in [6, 6.07) is 1.53. The fourth-order valence-corrected chi connectivity index (χ4v) is 2.05. The highest BCUT2D eigenvalue weighted by Gasteiger charge is 2.33. The van der Waals surface area contributed by atoms with E-state index in [1.807, 2.05) is 0 Å². The van der Waals surface area contributed by atoms with E-state index in [9.17, 15) is 18.0 Å². The molecule has 0 amide bonds. The highest BCUT2D eigenvalue weighted by Crippen LogP contribution is 2.31. The van der Waals surface area contributed by atoms with Crippen molar-refractivity contribution in [3.63, 3.8) is 0 Å². The van der Waals surface area contributed by atoms with Crippen molar-refractivity contribution in [2.75, 3.05) is 12.4 Å². The Kier molecular flexibility index (Phi) is 4.97. The first-order chi connectivity index (χ1) is 8.36. The molecule has 0 aliphatic rings. The van der Waals surface area contributed by atoms with Crippen LogP contribution in [0, 0.1) is 0 Å². The molecule has 0 saturated carbocycles. The van der Waals surface area contributed by atoms with Crippen LogP contribution in [0.2, 0.25) is 0 Å². The number of thioether (sulfide) groups is 1. The maximum atomic E-state index is 12.4. The number of hydrogen-bond acceptors (Lipinski definition) is 4. The maximum Gasteiger partial charge on any atom is 0.433 e. The number of pyridine rings is 1. The number of aromatic nitrogens is 1. The van der Waals surface area contributed by atoms with Crippen LogP contribution in [-0.4, -0.2) is 33.5 Å². The van der Waals surface area contributed by atoms with Gasteiger partial charge in [-0.1, -0.05) is 0 Å². The lowest BCUT2D eigenvalue weighted by Gasteiger charge is -2.09. The number of aliphatic hydroxyl groups excluding tert-OH is 1. The van der Waals surface area contributed by atoms with Gasteiger partial charge in [0.25, 0.3) is 0 Å². The van der Waals surface area contributed by atoms with Crippen LogP contribution in [0.3, 0.4) is 0 Å². The predicted molar refractivity (Wildman–Crippen MR) is 58.6 cm³/mol. The first kappa shape index (κ1) is 14.8. The minimum atomic E-state index is -4.61. The van der Waals surface area contributed by atoms with E-state index >= 15 is 0 Å². The first-order valence-corrected chi connectivity index (χ1v) is 5.90. The number of carbonyl (C=O) groups is 1. The van der Waals surface area contributed by atoms with Crippen LogP contribution in [0.15, 0.2) is 17.2 Å². The smallest absolute Gasteiger partial charge is 0.433 e. The second-order valence-corrected chi connectivity index (χ2v) is 4.36. The molecule has 0 bridgehead atoms. The summed E-state index contributed by atoms with van der Waals surface area (Å²) in [7, 11) is 0. The standard InChI is InChI=1S/C10H10F3NO3S/c11-10(12,13)7-3-2-6(9(16)17)8(14-7)18-5-1-4-15/h2-3,15H,1,4-5H2,(H,16,17). The van der Waals surface area contributed by atoms with Crippen molar-refractivity contribution in [1.82, 2.24) is 4.98 Å². The number of aromatic carboxylic acids is 1. The lowest BCUT2D eigenvalue weighted by molar-refractivity contribution is -0.141. The monoisotopic (exact) mass is 281 g/mol. The molecule has 0 fully saturated rings. The molecule has 0 unspecified atom stereocenters. The van der Waals surface area contributed by atoms with Crippen molar-refractivity contribution in [3.05, 3.63) is 23.4 Å². The molecule has 0 spiro atoms. The zero-order chi connectivity index (χ0) is 13.8. The Hall–Kier alpha value is -1.28. The molecule has 4 nitrogen and oxygen atoms in total. The first-order valence-electron chi connectivity index (χ1n) is 4.91. The highest BCUT2D eigenvalue weighted by atomic mass is 32.2. The zero-order valence-corrected chi connectivity index (χ0v) is 9.88. The van der Waals surface area contributed by atoms with Gasteiger partial charge in [-0.05, 0) is 18.6 Å². The van der Waals surface area contributed by atoms with E-state index in [0.29, 0.717) is 18.2 Å². The fourth-order valence-electron chi connectivity index (χ4n) is 1.10. The van der Waals surface area contributed by atoms with Crippen LogP contribution in [0.1, 0.15) is 22.5 Å². The van der Waals surface area contributed by atoms with Crippen LogP contribution in [-0.2, 0) is 6.18 Å². The van der Waals surface area contributed by atoms with Crippen LogP contribution in [0.4, 0.5) is 13.2 Å². The van der Waals surface area contributed by atoms with Crippen molar-refractivity contribution in [2.45, 2.75) is 17.6 Å². The molecule has 0 atom stereocenters. The van der Waals surface area contributed by atoms with E-state index in [-0.39, 0.29) is 17.2 Å². The largest absolute Gasteiger partial charge is 0.478 e. The van der Waals surface area contributed by atoms with Gasteiger partial charge >= 0.3 is 12.1 Å². The lowest BCUT2D eigenvalue weighted by atomic mass is 10.2. The molecule has 2 N–H and O–H groups in total. The van der Waals surface area contributed by atoms with Crippen molar-refractivity contribution in [1.29, 1.82) is 0 Å². The van der Waals surface area contributed by atoms with Crippen molar-refractivity contribution >= 4 is 17.7 Å². The predicted octanol–water partition coefficient (Wildman–Crippen LogP) is 2.27. The van der Waals surface area contributed by atoms with Crippen molar-refractivity contribution < 1.29 is 28.2 Å². The summed E-state index contributed by atoms with van der Waals surface area (Å²) in [5.41, 5.74) is -1.40. The van der Waals surface area contributed by atoms with Gasteiger partial charge in [-0.15, -0.1) is 11.8 Å². The van der Waals surface area contributed by atoms with Gasteiger partial charge in [-0.3, -0.25) is 0 Å². The van der Waals surface area contributed by atoms with Gasteiger partial charge in [0.2, 0.25) is 0 Å². The van der Waals surface area contributed by atoms with Gasteiger partial charge in [-0.2, -0.15) is 13.2 Å². The van der Waals surface area contributed by atoms with Crippen LogP contribution in [0.25, 0.3) is 0 Å². The Morgan fingerprint density at radius 2 is 2.06 bits per heavy atom. The van der Waals surface area contributed by atoms with E-state index in [0.717, 1.165) is 17.8 Å². The molecule has 0 aliphatic heterocycles. The number of rotatable bonds is 5. The summed E-state index contributed by atoms with van der Waals surface area (Å²) >= 11 is 0.878. The van der Waals surface area contributed by atoms with Gasteiger partial charge < -0.3 is 10.2 Å². The maximum absolute atomic E-state index is 12.4. The molecule has 1 rings (SSSR count). The average Bonchev–Trinajstić information content (AvgIpc) is 2.27. The molecular weight excluding hydrogens is 271 g/mol. The van der Waals surface area contributed by atoms with E-state index < -0.39 is 17.8 Å². The molecule has 0 aromatic carbocycles. The summed E-state index contributed by atoms with van der Waals surface area (Å²) in [6.07, 6.45) is -4.26. The molecule has 100 valence electrons. The van der Waals surface area contributed by atoms with E-state index in [1.165, 1.54) is 0 Å². The number of carboxylic acid groups (broad SMARTS) is 1. The Bertz CT molecular complexity index is 437. The van der Waals surface area contributed by atoms with E-state index in [2.05, 4.69) is 4.98 Å². The lowest BCUT2D eigenvalue weighted by Crippen LogP contribution is -2.11. The van der Waals surface area contributed by atoms with E-state index in [4.69, 9.17) is 10.2 Å². The molecule has 8 heteroatoms. The van der Waals surface area contributed by atoms with Gasteiger partial charge in [-0.25, -0.2) is 9.78 Å². The third-order valence-corrected chi connectivity index (χ3v) is 3.00. The fraction of sp³-hybridized carbons (Fsp3) is 0.400. The quantitative estimate of drug-likeness (QED) is 0.640. The van der Waals surface area contributed by atoms with Crippen LogP contribution in [0.5, 0.6) is 0 Å². The minimum absolute atomic E-state index is 0.117. The van der Waals surface area contributed by atoms with Crippen LogP contribution >= 0.6 is 11.8 Å². The number of aliphatic hydroxyl groups is 1. The Morgan fingerprint density at radius 1 is 1.39 bits per heavy atom. The molecule has 0 radical (unpaired) electrons. The van der Waals surface area contributed by atoms with Crippen molar-refractivity contribution in [3.8, 4) is 0 Å². The third-order valence-electron chi connectivity index (χ3n) is 1.92. The molecule has 18 heavy (non-hydrogen) atoms. The molecule has 0 saturated heterocycles. The Balaban J connectivity index is 3.04. The average molecular weight is 281 g/mol. The van der Waals surface area contributed by atoms with Crippen molar-refractivity contribution in [2.24, 2.45) is 0 Å². The summed E-state index contributed by atoms with van der Waals surface area (Å²) in [5.74, 6) is -1.03. The number of halogens is 3. The molecule has 1 aromatic rings. The summed E-state index contributed by atoms with van der Waals surface area (Å²) in [4.78, 5) is 14.1. The molecule has 1 heterocycles. The van der Waals surface area contributed by atoms with E-state index in [1.54, 1.807) is 0 Å². The highest BCUT2D eigenvalue weighted by molar-refractivity contribution is 7.99. The van der Waals surface area contributed by atoms with Gasteiger partial charge in [0, 0.05) is 12.4 Å².